The molecule has 1 atom stereocenters. The number of aryl methyl sites for hydroxylation is 1. The molecule has 0 radical (unpaired) electrons. The molecule has 0 bridgehead atoms. The normalized spacial score (nSPS) is 12.5. The minimum absolute atomic E-state index is 0.0791. The van der Waals surface area contributed by atoms with Crippen LogP contribution in [-0.2, 0) is 6.54 Å². The van der Waals surface area contributed by atoms with Crippen molar-refractivity contribution in [2.75, 3.05) is 6.61 Å². The maximum atomic E-state index is 11.5. The van der Waals surface area contributed by atoms with Crippen LogP contribution >= 0.6 is 0 Å². The molecule has 0 spiro atoms. The number of para-hydroxylation sites is 1. The van der Waals surface area contributed by atoms with Gasteiger partial charge in [0.1, 0.15) is 29.6 Å². The molecular formula is C19H17N3O4. The summed E-state index contributed by atoms with van der Waals surface area (Å²) in [6, 6.07) is 14.3. The van der Waals surface area contributed by atoms with Crippen LogP contribution in [-0.4, -0.2) is 32.8 Å². The summed E-state index contributed by atoms with van der Waals surface area (Å²) in [5, 5.41) is 19.2. The summed E-state index contributed by atoms with van der Waals surface area (Å²) >= 11 is 0. The Bertz CT molecular complexity index is 1130. The van der Waals surface area contributed by atoms with Gasteiger partial charge >= 0.3 is 5.63 Å². The minimum atomic E-state index is -0.764. The predicted octanol–water partition coefficient (Wildman–Crippen LogP) is 2.29. The van der Waals surface area contributed by atoms with Gasteiger partial charge in [-0.1, -0.05) is 17.3 Å². The topological polar surface area (TPSA) is 90.4 Å². The second-order valence-corrected chi connectivity index (χ2v) is 6.13. The first-order chi connectivity index (χ1) is 12.6. The summed E-state index contributed by atoms with van der Waals surface area (Å²) in [5.41, 5.74) is 2.55. The molecule has 0 aliphatic rings. The monoisotopic (exact) mass is 351 g/mol. The van der Waals surface area contributed by atoms with Crippen LogP contribution < -0.4 is 10.4 Å². The van der Waals surface area contributed by atoms with Crippen LogP contribution in [0.5, 0.6) is 5.75 Å². The Morgan fingerprint density at radius 3 is 2.96 bits per heavy atom. The second kappa shape index (κ2) is 6.61. The largest absolute Gasteiger partial charge is 0.491 e. The molecule has 7 heteroatoms. The molecular weight excluding hydrogens is 334 g/mol. The summed E-state index contributed by atoms with van der Waals surface area (Å²) in [7, 11) is 0. The van der Waals surface area contributed by atoms with Crippen LogP contribution in [0.3, 0.4) is 0 Å². The third kappa shape index (κ3) is 3.16. The number of benzene rings is 2. The standard InChI is InChI=1S/C19H17N3O4/c1-12-8-19(24)26-18-9-14(6-7-15(12)18)25-11-13(23)10-22-17-5-3-2-4-16(17)20-21-22/h2-9,13,23H,10-11H2,1H3. The molecule has 2 heterocycles. The number of aliphatic hydroxyl groups is 1. The number of hydrogen-bond donors (Lipinski definition) is 1. The number of ether oxygens (including phenoxy) is 1. The summed E-state index contributed by atoms with van der Waals surface area (Å²) in [5.74, 6) is 0.522. The molecule has 0 saturated carbocycles. The Labute approximate surface area is 148 Å². The Morgan fingerprint density at radius 2 is 2.08 bits per heavy atom. The summed E-state index contributed by atoms with van der Waals surface area (Å²) in [6.07, 6.45) is -0.764. The van der Waals surface area contributed by atoms with E-state index < -0.39 is 11.7 Å². The van der Waals surface area contributed by atoms with Crippen LogP contribution in [0.4, 0.5) is 0 Å². The van der Waals surface area contributed by atoms with Gasteiger partial charge < -0.3 is 14.3 Å². The van der Waals surface area contributed by atoms with E-state index in [2.05, 4.69) is 10.3 Å². The van der Waals surface area contributed by atoms with Crippen LogP contribution in [0.25, 0.3) is 22.0 Å². The van der Waals surface area contributed by atoms with Crippen molar-refractivity contribution in [3.63, 3.8) is 0 Å². The zero-order valence-electron chi connectivity index (χ0n) is 14.1. The van der Waals surface area contributed by atoms with Crippen molar-refractivity contribution in [2.24, 2.45) is 0 Å². The molecule has 2 aromatic heterocycles. The first-order valence-electron chi connectivity index (χ1n) is 8.24. The van der Waals surface area contributed by atoms with Crippen LogP contribution in [0.2, 0.25) is 0 Å². The highest BCUT2D eigenvalue weighted by molar-refractivity contribution is 5.81. The number of hydrogen-bond acceptors (Lipinski definition) is 6. The number of aromatic nitrogens is 3. The van der Waals surface area contributed by atoms with Crippen LogP contribution in [0.15, 0.2) is 57.7 Å². The van der Waals surface area contributed by atoms with Crippen molar-refractivity contribution >= 4 is 22.0 Å². The lowest BCUT2D eigenvalue weighted by Crippen LogP contribution is -2.24. The lowest BCUT2D eigenvalue weighted by molar-refractivity contribution is 0.0900. The van der Waals surface area contributed by atoms with Gasteiger partial charge in [-0.3, -0.25) is 0 Å². The molecule has 0 saturated heterocycles. The van der Waals surface area contributed by atoms with E-state index in [0.717, 1.165) is 22.0 Å². The van der Waals surface area contributed by atoms with E-state index in [-0.39, 0.29) is 13.2 Å². The van der Waals surface area contributed by atoms with Crippen molar-refractivity contribution in [2.45, 2.75) is 19.6 Å². The zero-order chi connectivity index (χ0) is 18.1. The fraction of sp³-hybridized carbons (Fsp3) is 0.211. The zero-order valence-corrected chi connectivity index (χ0v) is 14.1. The van der Waals surface area contributed by atoms with Crippen molar-refractivity contribution in [3.8, 4) is 5.75 Å². The highest BCUT2D eigenvalue weighted by atomic mass is 16.5. The first-order valence-corrected chi connectivity index (χ1v) is 8.24. The summed E-state index contributed by atoms with van der Waals surface area (Å²) < 4.78 is 12.5. The number of rotatable bonds is 5. The molecule has 0 aliphatic heterocycles. The van der Waals surface area contributed by atoms with Gasteiger partial charge in [-0.05, 0) is 36.8 Å². The Balaban J connectivity index is 1.46. The third-order valence-electron chi connectivity index (χ3n) is 4.17. The molecule has 0 amide bonds. The molecule has 0 aliphatic carbocycles. The van der Waals surface area contributed by atoms with E-state index in [4.69, 9.17) is 9.15 Å². The van der Waals surface area contributed by atoms with E-state index in [9.17, 15) is 9.90 Å². The van der Waals surface area contributed by atoms with Gasteiger partial charge in [-0.2, -0.15) is 0 Å². The fourth-order valence-corrected chi connectivity index (χ4v) is 2.89. The Kier molecular flexibility index (Phi) is 4.14. The lowest BCUT2D eigenvalue weighted by atomic mass is 10.1. The molecule has 4 aromatic rings. The SMILES string of the molecule is Cc1cc(=O)oc2cc(OCC(O)Cn3nnc4ccccc43)ccc12. The van der Waals surface area contributed by atoms with Crippen molar-refractivity contribution in [3.05, 3.63) is 64.5 Å². The lowest BCUT2D eigenvalue weighted by Gasteiger charge is -2.13. The van der Waals surface area contributed by atoms with Gasteiger partial charge in [0, 0.05) is 17.5 Å². The van der Waals surface area contributed by atoms with Gasteiger partial charge in [0.05, 0.1) is 12.1 Å². The average molecular weight is 351 g/mol. The van der Waals surface area contributed by atoms with Crippen molar-refractivity contribution < 1.29 is 14.3 Å². The van der Waals surface area contributed by atoms with Gasteiger partial charge in [-0.25, -0.2) is 9.48 Å². The quantitative estimate of drug-likeness (QED) is 0.555. The van der Waals surface area contributed by atoms with E-state index in [1.165, 1.54) is 6.07 Å². The Morgan fingerprint density at radius 1 is 1.23 bits per heavy atom. The second-order valence-electron chi connectivity index (χ2n) is 6.13. The van der Waals surface area contributed by atoms with E-state index in [1.807, 2.05) is 37.3 Å². The summed E-state index contributed by atoms with van der Waals surface area (Å²) in [4.78, 5) is 11.5. The van der Waals surface area contributed by atoms with E-state index in [0.29, 0.717) is 11.3 Å². The molecule has 132 valence electrons. The van der Waals surface area contributed by atoms with Gasteiger partial charge in [-0.15, -0.1) is 5.10 Å². The smallest absolute Gasteiger partial charge is 0.336 e. The molecule has 1 N–H and O–H groups in total. The maximum absolute atomic E-state index is 11.5. The highest BCUT2D eigenvalue weighted by Gasteiger charge is 2.11. The van der Waals surface area contributed by atoms with Crippen LogP contribution in [0.1, 0.15) is 5.56 Å². The van der Waals surface area contributed by atoms with Crippen LogP contribution in [0, 0.1) is 6.92 Å². The fourth-order valence-electron chi connectivity index (χ4n) is 2.89. The number of nitrogens with zero attached hydrogens (tertiary/aromatic N) is 3. The highest BCUT2D eigenvalue weighted by Crippen LogP contribution is 2.22. The maximum Gasteiger partial charge on any atom is 0.336 e. The molecule has 1 unspecified atom stereocenters. The molecule has 0 fully saturated rings. The van der Waals surface area contributed by atoms with Gasteiger partial charge in [0.15, 0.2) is 0 Å². The minimum Gasteiger partial charge on any atom is -0.491 e. The number of fused-ring (bicyclic) bond motifs is 2. The Hall–Kier alpha value is -3.19. The van der Waals surface area contributed by atoms with Gasteiger partial charge in [0.25, 0.3) is 0 Å². The van der Waals surface area contributed by atoms with E-state index in [1.54, 1.807) is 16.8 Å². The summed E-state index contributed by atoms with van der Waals surface area (Å²) in [6.45, 7) is 2.20. The number of aliphatic hydroxyl groups excluding tert-OH is 1. The van der Waals surface area contributed by atoms with E-state index >= 15 is 0 Å². The molecule has 7 nitrogen and oxygen atoms in total. The van der Waals surface area contributed by atoms with Crippen molar-refractivity contribution in [1.29, 1.82) is 0 Å². The first kappa shape index (κ1) is 16.3. The molecule has 2 aromatic carbocycles. The molecule has 4 rings (SSSR count). The van der Waals surface area contributed by atoms with Gasteiger partial charge in [0.2, 0.25) is 0 Å². The third-order valence-corrected chi connectivity index (χ3v) is 4.17. The average Bonchev–Trinajstić information content (AvgIpc) is 3.02. The predicted molar refractivity (Wildman–Crippen MR) is 96.3 cm³/mol. The van der Waals surface area contributed by atoms with Crippen molar-refractivity contribution in [1.82, 2.24) is 15.0 Å². The molecule has 26 heavy (non-hydrogen) atoms.